The number of nitrogens with one attached hydrogen (secondary N) is 2. The van der Waals surface area contributed by atoms with E-state index in [9.17, 15) is 9.59 Å². The predicted molar refractivity (Wildman–Crippen MR) is 112 cm³/mol. The molecule has 2 N–H and O–H groups in total. The van der Waals surface area contributed by atoms with Gasteiger partial charge in [0.1, 0.15) is 5.82 Å². The summed E-state index contributed by atoms with van der Waals surface area (Å²) in [7, 11) is 0. The Labute approximate surface area is 172 Å². The Bertz CT molecular complexity index is 1130. The maximum Gasteiger partial charge on any atom is 0.349 e. The zero-order valence-corrected chi connectivity index (χ0v) is 16.5. The summed E-state index contributed by atoms with van der Waals surface area (Å²) < 4.78 is 17.4. The highest BCUT2D eigenvalue weighted by molar-refractivity contribution is 6.04. The molecule has 0 saturated heterocycles. The van der Waals surface area contributed by atoms with Gasteiger partial charge in [0.15, 0.2) is 11.5 Å². The molecular formula is C21H22N4O5. The first kappa shape index (κ1) is 19.7. The van der Waals surface area contributed by atoms with Crippen molar-refractivity contribution in [1.29, 1.82) is 0 Å². The van der Waals surface area contributed by atoms with Crippen LogP contribution in [-0.4, -0.2) is 35.6 Å². The van der Waals surface area contributed by atoms with Crippen LogP contribution in [0.25, 0.3) is 10.9 Å². The summed E-state index contributed by atoms with van der Waals surface area (Å²) in [4.78, 5) is 29.4. The lowest BCUT2D eigenvalue weighted by atomic mass is 10.2. The number of aromatic nitrogens is 2. The number of hydrogen-bond donors (Lipinski definition) is 2. The van der Waals surface area contributed by atoms with Crippen LogP contribution in [0.2, 0.25) is 0 Å². The Morgan fingerprint density at radius 3 is 2.87 bits per heavy atom. The van der Waals surface area contributed by atoms with Gasteiger partial charge in [-0.15, -0.1) is 0 Å². The number of fused-ring (bicyclic) bond motifs is 2. The van der Waals surface area contributed by atoms with Crippen molar-refractivity contribution in [2.75, 3.05) is 30.6 Å². The van der Waals surface area contributed by atoms with Gasteiger partial charge in [0.2, 0.25) is 6.79 Å². The van der Waals surface area contributed by atoms with Crippen molar-refractivity contribution in [3.05, 3.63) is 52.9 Å². The minimum atomic E-state index is -0.483. The fourth-order valence-corrected chi connectivity index (χ4v) is 3.23. The highest BCUT2D eigenvalue weighted by Gasteiger charge is 2.16. The quantitative estimate of drug-likeness (QED) is 0.580. The molecule has 2 amide bonds. The summed E-state index contributed by atoms with van der Waals surface area (Å²) in [5.74, 6) is 1.58. The van der Waals surface area contributed by atoms with Gasteiger partial charge < -0.3 is 19.5 Å². The minimum Gasteiger partial charge on any atom is -0.454 e. The van der Waals surface area contributed by atoms with Crippen LogP contribution in [0.4, 0.5) is 16.3 Å². The zero-order valence-electron chi connectivity index (χ0n) is 16.5. The molecule has 1 aliphatic rings. The van der Waals surface area contributed by atoms with Crippen molar-refractivity contribution >= 4 is 28.4 Å². The normalized spacial score (nSPS) is 12.2. The number of carbonyl (C=O) groups is 1. The molecule has 0 spiro atoms. The number of carbonyl (C=O) groups excluding carboxylic acids is 1. The Morgan fingerprint density at radius 1 is 1.17 bits per heavy atom. The van der Waals surface area contributed by atoms with Gasteiger partial charge in [-0.3, -0.25) is 9.88 Å². The lowest BCUT2D eigenvalue weighted by Gasteiger charge is -2.16. The molecule has 156 valence electrons. The predicted octanol–water partition coefficient (Wildman–Crippen LogP) is 3.20. The number of para-hydroxylation sites is 1. The van der Waals surface area contributed by atoms with Crippen LogP contribution in [0, 0.1) is 0 Å². The molecule has 0 atom stereocenters. The molecule has 2 aromatic carbocycles. The van der Waals surface area contributed by atoms with Crippen molar-refractivity contribution in [3.63, 3.8) is 0 Å². The summed E-state index contributed by atoms with van der Waals surface area (Å²) in [5.41, 5.74) is 0.630. The molecule has 0 aliphatic carbocycles. The van der Waals surface area contributed by atoms with E-state index in [2.05, 4.69) is 15.6 Å². The van der Waals surface area contributed by atoms with Gasteiger partial charge in [-0.1, -0.05) is 12.1 Å². The first-order valence-electron chi connectivity index (χ1n) is 9.70. The van der Waals surface area contributed by atoms with Crippen LogP contribution in [0.1, 0.15) is 13.3 Å². The van der Waals surface area contributed by atoms with Gasteiger partial charge >= 0.3 is 11.7 Å². The summed E-state index contributed by atoms with van der Waals surface area (Å²) >= 11 is 0. The van der Waals surface area contributed by atoms with Crippen LogP contribution in [0.5, 0.6) is 11.5 Å². The molecule has 2 heterocycles. The van der Waals surface area contributed by atoms with Crippen LogP contribution in [0.3, 0.4) is 0 Å². The summed E-state index contributed by atoms with van der Waals surface area (Å²) in [6.45, 7) is 3.56. The second-order valence-corrected chi connectivity index (χ2v) is 6.61. The molecule has 9 heteroatoms. The fourth-order valence-electron chi connectivity index (χ4n) is 3.23. The van der Waals surface area contributed by atoms with Crippen molar-refractivity contribution in [1.82, 2.24) is 9.55 Å². The van der Waals surface area contributed by atoms with E-state index < -0.39 is 11.7 Å². The van der Waals surface area contributed by atoms with Crippen LogP contribution in [0.15, 0.2) is 47.3 Å². The lowest BCUT2D eigenvalue weighted by molar-refractivity contribution is 0.141. The van der Waals surface area contributed by atoms with E-state index in [4.69, 9.17) is 14.2 Å². The molecule has 1 aromatic heterocycles. The highest BCUT2D eigenvalue weighted by atomic mass is 16.7. The average Bonchev–Trinajstić information content (AvgIpc) is 3.20. The van der Waals surface area contributed by atoms with E-state index in [0.717, 1.165) is 0 Å². The van der Waals surface area contributed by atoms with Crippen LogP contribution < -0.4 is 25.8 Å². The number of benzene rings is 2. The van der Waals surface area contributed by atoms with Gasteiger partial charge in [-0.05, 0) is 37.6 Å². The minimum absolute atomic E-state index is 0.155. The van der Waals surface area contributed by atoms with Gasteiger partial charge in [0.05, 0.1) is 5.52 Å². The summed E-state index contributed by atoms with van der Waals surface area (Å²) in [6.07, 6.45) is 0.617. The van der Waals surface area contributed by atoms with Crippen molar-refractivity contribution < 1.29 is 19.0 Å². The van der Waals surface area contributed by atoms with Gasteiger partial charge in [-0.25, -0.2) is 9.59 Å². The number of nitrogens with zero attached hydrogens (tertiary/aromatic N) is 2. The monoisotopic (exact) mass is 410 g/mol. The molecular weight excluding hydrogens is 388 g/mol. The van der Waals surface area contributed by atoms with Crippen LogP contribution >= 0.6 is 0 Å². The second kappa shape index (κ2) is 8.83. The molecule has 30 heavy (non-hydrogen) atoms. The molecule has 0 radical (unpaired) electrons. The largest absolute Gasteiger partial charge is 0.454 e. The summed E-state index contributed by atoms with van der Waals surface area (Å²) in [6, 6.07) is 11.8. The van der Waals surface area contributed by atoms with Crippen LogP contribution in [-0.2, 0) is 11.3 Å². The Morgan fingerprint density at radius 2 is 2.00 bits per heavy atom. The average molecular weight is 410 g/mol. The number of rotatable bonds is 7. The molecule has 4 rings (SSSR count). The SMILES string of the molecule is CCOCCCn1c(NC(=O)Nc2ccc3c(c2)OCO3)c2ccccc2nc1=O. The smallest absolute Gasteiger partial charge is 0.349 e. The van der Waals surface area contributed by atoms with E-state index in [1.165, 1.54) is 4.57 Å². The number of urea groups is 1. The molecule has 1 aliphatic heterocycles. The molecule has 9 nitrogen and oxygen atoms in total. The highest BCUT2D eigenvalue weighted by Crippen LogP contribution is 2.34. The second-order valence-electron chi connectivity index (χ2n) is 6.61. The number of anilines is 2. The van der Waals surface area contributed by atoms with Crippen molar-refractivity contribution in [3.8, 4) is 11.5 Å². The van der Waals surface area contributed by atoms with E-state index in [1.807, 2.05) is 19.1 Å². The topological polar surface area (TPSA) is 104 Å². The number of ether oxygens (including phenoxy) is 3. The third-order valence-corrected chi connectivity index (χ3v) is 4.61. The van der Waals surface area contributed by atoms with E-state index in [1.54, 1.807) is 30.3 Å². The van der Waals surface area contributed by atoms with Crippen molar-refractivity contribution in [2.24, 2.45) is 0 Å². The first-order chi connectivity index (χ1) is 14.7. The number of hydrogen-bond acceptors (Lipinski definition) is 6. The standard InChI is InChI=1S/C21H22N4O5/c1-2-28-11-5-10-25-19(15-6-3-4-7-16(15)23-21(25)27)24-20(26)22-14-8-9-17-18(12-14)30-13-29-17/h3-4,6-9,12H,2,5,10-11,13H2,1H3,(H2,22,24,26). The van der Waals surface area contributed by atoms with Crippen molar-refractivity contribution in [2.45, 2.75) is 19.9 Å². The number of amides is 2. The molecule has 0 bridgehead atoms. The van der Waals surface area contributed by atoms with Gasteiger partial charge in [0.25, 0.3) is 0 Å². The molecule has 0 saturated carbocycles. The zero-order chi connectivity index (χ0) is 20.9. The van der Waals surface area contributed by atoms with Gasteiger partial charge in [-0.2, -0.15) is 4.98 Å². The fraction of sp³-hybridized carbons (Fsp3) is 0.286. The van der Waals surface area contributed by atoms with Gasteiger partial charge in [0, 0.05) is 36.9 Å². The van der Waals surface area contributed by atoms with E-state index in [-0.39, 0.29) is 6.79 Å². The Balaban J connectivity index is 1.59. The summed E-state index contributed by atoms with van der Waals surface area (Å²) in [5, 5.41) is 6.25. The Kier molecular flexibility index (Phi) is 5.80. The third-order valence-electron chi connectivity index (χ3n) is 4.61. The van der Waals surface area contributed by atoms with E-state index in [0.29, 0.717) is 60.1 Å². The third kappa shape index (κ3) is 4.20. The maximum absolute atomic E-state index is 12.7. The maximum atomic E-state index is 12.7. The molecule has 3 aromatic rings. The van der Waals surface area contributed by atoms with E-state index >= 15 is 0 Å². The Hall–Kier alpha value is -3.59. The molecule has 0 fully saturated rings. The molecule has 0 unspecified atom stereocenters. The lowest BCUT2D eigenvalue weighted by Crippen LogP contribution is -2.30. The first-order valence-corrected chi connectivity index (χ1v) is 9.70.